The molecular weight excluding hydrogens is 238 g/mol. The van der Waals surface area contributed by atoms with Crippen molar-refractivity contribution in [3.05, 3.63) is 0 Å². The second-order valence-electron chi connectivity index (χ2n) is 6.04. The van der Waals surface area contributed by atoms with Crippen molar-refractivity contribution in [3.63, 3.8) is 0 Å². The first-order valence-electron chi connectivity index (χ1n) is 8.04. The molecule has 1 aliphatic carbocycles. The van der Waals surface area contributed by atoms with E-state index in [9.17, 15) is 4.79 Å². The Kier molecular flexibility index (Phi) is 7.44. The molecule has 1 aliphatic rings. The zero-order chi connectivity index (χ0) is 14.1. The summed E-state index contributed by atoms with van der Waals surface area (Å²) in [6.07, 6.45) is 9.66. The van der Waals surface area contributed by atoms with Crippen molar-refractivity contribution in [1.82, 2.24) is 5.32 Å². The Bertz CT molecular complexity index is 263. The Labute approximate surface area is 118 Å². The minimum absolute atomic E-state index is 0.0776. The smallest absolute Gasteiger partial charge is 0.326 e. The first kappa shape index (κ1) is 16.5. The van der Waals surface area contributed by atoms with Crippen LogP contribution in [0.25, 0.3) is 0 Å². The van der Waals surface area contributed by atoms with E-state index in [2.05, 4.69) is 12.2 Å². The third-order valence-electron chi connectivity index (χ3n) is 3.98. The lowest BCUT2D eigenvalue weighted by molar-refractivity contribution is -0.150. The molecule has 1 unspecified atom stereocenters. The molecule has 112 valence electrons. The fourth-order valence-corrected chi connectivity index (χ4v) is 2.33. The van der Waals surface area contributed by atoms with Gasteiger partial charge in [0.15, 0.2) is 0 Å². The molecule has 3 heteroatoms. The van der Waals surface area contributed by atoms with Gasteiger partial charge in [0, 0.05) is 0 Å². The average Bonchev–Trinajstić information content (AvgIpc) is 3.20. The molecule has 0 aromatic rings. The van der Waals surface area contributed by atoms with E-state index in [0.29, 0.717) is 6.61 Å². The SMILES string of the molecule is CCCCCCCC(C)(NCC1CC1)C(=O)OCC. The third kappa shape index (κ3) is 6.42. The molecule has 1 fully saturated rings. The topological polar surface area (TPSA) is 38.3 Å². The maximum absolute atomic E-state index is 12.1. The minimum Gasteiger partial charge on any atom is -0.465 e. The molecule has 0 amide bonds. The highest BCUT2D eigenvalue weighted by Gasteiger charge is 2.35. The van der Waals surface area contributed by atoms with Crippen LogP contribution in [0.3, 0.4) is 0 Å². The van der Waals surface area contributed by atoms with Gasteiger partial charge in [-0.15, -0.1) is 0 Å². The molecule has 0 radical (unpaired) electrons. The number of unbranched alkanes of at least 4 members (excludes halogenated alkanes) is 4. The average molecular weight is 269 g/mol. The number of carbonyl (C=O) groups excluding carboxylic acids is 1. The monoisotopic (exact) mass is 269 g/mol. The van der Waals surface area contributed by atoms with Crippen molar-refractivity contribution >= 4 is 5.97 Å². The van der Waals surface area contributed by atoms with Gasteiger partial charge in [-0.3, -0.25) is 4.79 Å². The van der Waals surface area contributed by atoms with Crippen molar-refractivity contribution in [1.29, 1.82) is 0 Å². The number of ether oxygens (including phenoxy) is 1. The van der Waals surface area contributed by atoms with Crippen molar-refractivity contribution in [2.45, 2.75) is 77.7 Å². The fourth-order valence-electron chi connectivity index (χ4n) is 2.33. The zero-order valence-electron chi connectivity index (χ0n) is 13.0. The highest BCUT2D eigenvalue weighted by molar-refractivity contribution is 5.80. The lowest BCUT2D eigenvalue weighted by atomic mass is 9.93. The van der Waals surface area contributed by atoms with Gasteiger partial charge in [0.2, 0.25) is 0 Å². The van der Waals surface area contributed by atoms with Crippen molar-refractivity contribution in [2.75, 3.05) is 13.2 Å². The van der Waals surface area contributed by atoms with E-state index < -0.39 is 5.54 Å². The summed E-state index contributed by atoms with van der Waals surface area (Å²) >= 11 is 0. The maximum atomic E-state index is 12.1. The second kappa shape index (κ2) is 8.57. The Balaban J connectivity index is 2.35. The standard InChI is InChI=1S/C16H31NO2/c1-4-6-7-8-9-12-16(3,15(18)19-5-2)17-13-14-10-11-14/h14,17H,4-13H2,1-3H3. The van der Waals surface area contributed by atoms with Crippen molar-refractivity contribution < 1.29 is 9.53 Å². The van der Waals surface area contributed by atoms with E-state index in [1.165, 1.54) is 38.5 Å². The van der Waals surface area contributed by atoms with Crippen LogP contribution in [0.1, 0.15) is 72.1 Å². The molecule has 19 heavy (non-hydrogen) atoms. The molecule has 0 heterocycles. The van der Waals surface area contributed by atoms with Crippen LogP contribution in [-0.2, 0) is 9.53 Å². The number of carbonyl (C=O) groups is 1. The first-order valence-corrected chi connectivity index (χ1v) is 8.04. The van der Waals surface area contributed by atoms with Gasteiger partial charge in [-0.05, 0) is 45.6 Å². The van der Waals surface area contributed by atoms with Crippen molar-refractivity contribution in [3.8, 4) is 0 Å². The minimum atomic E-state index is -0.481. The zero-order valence-corrected chi connectivity index (χ0v) is 13.0. The van der Waals surface area contributed by atoms with Gasteiger partial charge < -0.3 is 10.1 Å². The summed E-state index contributed by atoms with van der Waals surface area (Å²) in [5, 5.41) is 3.46. The number of hydrogen-bond donors (Lipinski definition) is 1. The largest absolute Gasteiger partial charge is 0.465 e. The van der Waals surface area contributed by atoms with Gasteiger partial charge in [-0.2, -0.15) is 0 Å². The van der Waals surface area contributed by atoms with E-state index >= 15 is 0 Å². The normalized spacial score (nSPS) is 18.1. The summed E-state index contributed by atoms with van der Waals surface area (Å²) < 4.78 is 5.24. The molecule has 0 saturated heterocycles. The molecule has 0 aromatic heterocycles. The second-order valence-corrected chi connectivity index (χ2v) is 6.04. The molecule has 0 aliphatic heterocycles. The summed E-state index contributed by atoms with van der Waals surface area (Å²) in [7, 11) is 0. The van der Waals surface area contributed by atoms with E-state index in [1.54, 1.807) is 0 Å². The van der Waals surface area contributed by atoms with E-state index in [4.69, 9.17) is 4.74 Å². The molecule has 0 aromatic carbocycles. The van der Waals surface area contributed by atoms with E-state index in [-0.39, 0.29) is 5.97 Å². The summed E-state index contributed by atoms with van der Waals surface area (Å²) in [6.45, 7) is 7.53. The van der Waals surface area contributed by atoms with E-state index in [1.807, 2.05) is 13.8 Å². The van der Waals surface area contributed by atoms with Crippen LogP contribution in [0.4, 0.5) is 0 Å². The van der Waals surface area contributed by atoms with Crippen LogP contribution < -0.4 is 5.32 Å². The molecule has 3 nitrogen and oxygen atoms in total. The molecule has 1 saturated carbocycles. The lowest BCUT2D eigenvalue weighted by Crippen LogP contribution is -2.51. The van der Waals surface area contributed by atoms with Gasteiger partial charge in [-0.25, -0.2) is 0 Å². The molecule has 0 spiro atoms. The molecule has 1 rings (SSSR count). The fraction of sp³-hybridized carbons (Fsp3) is 0.938. The van der Waals surface area contributed by atoms with Crippen LogP contribution in [0.15, 0.2) is 0 Å². The summed E-state index contributed by atoms with van der Waals surface area (Å²) in [5.41, 5.74) is -0.481. The van der Waals surface area contributed by atoms with Crippen LogP contribution in [0, 0.1) is 5.92 Å². The Hall–Kier alpha value is -0.570. The summed E-state index contributed by atoms with van der Waals surface area (Å²) in [5.74, 6) is 0.708. The van der Waals surface area contributed by atoms with Crippen LogP contribution in [-0.4, -0.2) is 24.7 Å². The molecular formula is C16H31NO2. The number of nitrogens with one attached hydrogen (secondary N) is 1. The predicted molar refractivity (Wildman–Crippen MR) is 79.1 cm³/mol. The third-order valence-corrected chi connectivity index (χ3v) is 3.98. The summed E-state index contributed by atoms with van der Waals surface area (Å²) in [6, 6.07) is 0. The van der Waals surface area contributed by atoms with Gasteiger partial charge >= 0.3 is 5.97 Å². The van der Waals surface area contributed by atoms with Crippen LogP contribution in [0.2, 0.25) is 0 Å². The molecule has 0 bridgehead atoms. The van der Waals surface area contributed by atoms with Crippen LogP contribution >= 0.6 is 0 Å². The first-order chi connectivity index (χ1) is 9.12. The van der Waals surface area contributed by atoms with Gasteiger partial charge in [-0.1, -0.05) is 39.0 Å². The molecule has 1 atom stereocenters. The van der Waals surface area contributed by atoms with Crippen LogP contribution in [0.5, 0.6) is 0 Å². The van der Waals surface area contributed by atoms with Gasteiger partial charge in [0.05, 0.1) is 6.61 Å². The number of rotatable bonds is 11. The quantitative estimate of drug-likeness (QED) is 0.459. The predicted octanol–water partition coefficient (Wildman–Crippen LogP) is 3.67. The lowest BCUT2D eigenvalue weighted by Gasteiger charge is -2.28. The Morgan fingerprint density at radius 2 is 1.89 bits per heavy atom. The summed E-state index contributed by atoms with van der Waals surface area (Å²) in [4.78, 5) is 12.1. The highest BCUT2D eigenvalue weighted by atomic mass is 16.5. The number of hydrogen-bond acceptors (Lipinski definition) is 3. The van der Waals surface area contributed by atoms with Gasteiger partial charge in [0.25, 0.3) is 0 Å². The maximum Gasteiger partial charge on any atom is 0.326 e. The van der Waals surface area contributed by atoms with E-state index in [0.717, 1.165) is 25.3 Å². The van der Waals surface area contributed by atoms with Gasteiger partial charge in [0.1, 0.15) is 5.54 Å². The number of esters is 1. The van der Waals surface area contributed by atoms with Crippen molar-refractivity contribution in [2.24, 2.45) is 5.92 Å². The Morgan fingerprint density at radius 1 is 1.21 bits per heavy atom. The molecule has 1 N–H and O–H groups in total. The Morgan fingerprint density at radius 3 is 2.47 bits per heavy atom. The highest BCUT2D eigenvalue weighted by Crippen LogP contribution is 2.29.